The predicted octanol–water partition coefficient (Wildman–Crippen LogP) is 10.7. The topological polar surface area (TPSA) is 54.0 Å². The van der Waals surface area contributed by atoms with E-state index in [2.05, 4.69) is 30.7 Å². The molecule has 0 heterocycles. The van der Waals surface area contributed by atoms with Gasteiger partial charge in [0.1, 0.15) is 0 Å². The van der Waals surface area contributed by atoms with E-state index >= 15 is 0 Å². The summed E-state index contributed by atoms with van der Waals surface area (Å²) in [6, 6.07) is 0. The van der Waals surface area contributed by atoms with Crippen molar-refractivity contribution >= 4 is 6.16 Å². The summed E-state index contributed by atoms with van der Waals surface area (Å²) in [5, 5.41) is 4.59. The van der Waals surface area contributed by atoms with E-state index in [0.717, 1.165) is 25.7 Å². The molecule has 0 aromatic carbocycles. The van der Waals surface area contributed by atoms with Gasteiger partial charge in [0.2, 0.25) is 0 Å². The van der Waals surface area contributed by atoms with Gasteiger partial charge in [-0.2, -0.15) is 4.89 Å². The molecule has 210 valence electrons. The standard InChI is InChI=1S/C30H60O5/c1-4-7-10-13-15-16-17-18-19-21-24-27-33-35-34-30(31)32-28-29(25-22-12-9-6-3)26-23-20-14-11-8-5-2/h29H,4-28H2,1-3H3. The highest BCUT2D eigenvalue weighted by molar-refractivity contribution is 5.58. The van der Waals surface area contributed by atoms with Crippen molar-refractivity contribution in [3.8, 4) is 0 Å². The number of carbonyl (C=O) groups is 1. The molecule has 5 nitrogen and oxygen atoms in total. The van der Waals surface area contributed by atoms with Crippen LogP contribution in [0.1, 0.15) is 168 Å². The molecule has 0 aliphatic heterocycles. The third kappa shape index (κ3) is 27.6. The van der Waals surface area contributed by atoms with Crippen molar-refractivity contribution in [1.82, 2.24) is 0 Å². The summed E-state index contributed by atoms with van der Waals surface area (Å²) in [5.74, 6) is 0.405. The van der Waals surface area contributed by atoms with Crippen LogP contribution in [0.2, 0.25) is 0 Å². The fourth-order valence-electron chi connectivity index (χ4n) is 4.51. The van der Waals surface area contributed by atoms with Gasteiger partial charge in [-0.25, -0.2) is 9.68 Å². The SMILES string of the molecule is CCCCCCCCCCCCCOOOC(=O)OCC(CCCCCC)CCCCCCCC. The molecule has 0 fully saturated rings. The highest BCUT2D eigenvalue weighted by Gasteiger charge is 2.14. The lowest BCUT2D eigenvalue weighted by molar-refractivity contribution is -0.486. The molecule has 35 heavy (non-hydrogen) atoms. The fraction of sp³-hybridized carbons (Fsp3) is 0.967. The van der Waals surface area contributed by atoms with E-state index in [4.69, 9.17) is 9.62 Å². The van der Waals surface area contributed by atoms with E-state index in [9.17, 15) is 4.79 Å². The molecule has 0 aromatic heterocycles. The second kappa shape index (κ2) is 29.4. The maximum atomic E-state index is 11.8. The van der Waals surface area contributed by atoms with Crippen LogP contribution in [0.5, 0.6) is 0 Å². The zero-order chi connectivity index (χ0) is 25.7. The van der Waals surface area contributed by atoms with Crippen LogP contribution in [0, 0.1) is 5.92 Å². The maximum absolute atomic E-state index is 11.8. The highest BCUT2D eigenvalue weighted by Crippen LogP contribution is 2.19. The molecule has 0 radical (unpaired) electrons. The molecular weight excluding hydrogens is 440 g/mol. The smallest absolute Gasteiger partial charge is 0.432 e. The first kappa shape index (κ1) is 34.2. The molecule has 0 spiro atoms. The number of hydrogen-bond acceptors (Lipinski definition) is 5. The normalized spacial score (nSPS) is 12.1. The van der Waals surface area contributed by atoms with E-state index < -0.39 is 6.16 Å². The first-order valence-electron chi connectivity index (χ1n) is 15.4. The summed E-state index contributed by atoms with van der Waals surface area (Å²) in [4.78, 5) is 21.4. The Balaban J connectivity index is 3.68. The third-order valence-corrected chi connectivity index (χ3v) is 6.85. The summed E-state index contributed by atoms with van der Waals surface area (Å²) >= 11 is 0. The maximum Gasteiger partial charge on any atom is 0.542 e. The van der Waals surface area contributed by atoms with Gasteiger partial charge in [0.25, 0.3) is 0 Å². The Morgan fingerprint density at radius 2 is 0.943 bits per heavy atom. The van der Waals surface area contributed by atoms with Gasteiger partial charge in [0, 0.05) is 0 Å². The molecule has 0 N–H and O–H groups in total. The van der Waals surface area contributed by atoms with E-state index in [1.165, 1.54) is 122 Å². The van der Waals surface area contributed by atoms with Gasteiger partial charge in [-0.3, -0.25) is 0 Å². The van der Waals surface area contributed by atoms with Crippen LogP contribution >= 0.6 is 0 Å². The minimum Gasteiger partial charge on any atom is -0.432 e. The van der Waals surface area contributed by atoms with Crippen molar-refractivity contribution in [2.75, 3.05) is 13.2 Å². The van der Waals surface area contributed by atoms with Crippen LogP contribution < -0.4 is 0 Å². The second-order valence-electron chi connectivity index (χ2n) is 10.3. The Morgan fingerprint density at radius 3 is 1.43 bits per heavy atom. The molecule has 0 aliphatic rings. The van der Waals surface area contributed by atoms with Crippen LogP contribution in [-0.4, -0.2) is 19.4 Å². The van der Waals surface area contributed by atoms with Crippen LogP contribution in [0.4, 0.5) is 4.79 Å². The second-order valence-corrected chi connectivity index (χ2v) is 10.3. The van der Waals surface area contributed by atoms with Gasteiger partial charge in [-0.05, 0) is 30.2 Å². The van der Waals surface area contributed by atoms with E-state index in [1.807, 2.05) is 0 Å². The molecule has 0 rings (SSSR count). The Kier molecular flexibility index (Phi) is 28.7. The molecule has 0 aliphatic carbocycles. The zero-order valence-corrected chi connectivity index (χ0v) is 23.8. The van der Waals surface area contributed by atoms with Gasteiger partial charge in [0.15, 0.2) is 0 Å². The summed E-state index contributed by atoms with van der Waals surface area (Å²) in [6.07, 6.45) is 28.2. The summed E-state index contributed by atoms with van der Waals surface area (Å²) in [6.45, 7) is 7.57. The average molecular weight is 501 g/mol. The Hall–Kier alpha value is -0.810. The fourth-order valence-corrected chi connectivity index (χ4v) is 4.51. The molecule has 0 saturated heterocycles. The molecule has 5 heteroatoms. The van der Waals surface area contributed by atoms with Crippen LogP contribution in [0.3, 0.4) is 0 Å². The van der Waals surface area contributed by atoms with Crippen LogP contribution in [0.25, 0.3) is 0 Å². The molecule has 0 amide bonds. The molecule has 1 atom stereocenters. The lowest BCUT2D eigenvalue weighted by Gasteiger charge is -2.16. The van der Waals surface area contributed by atoms with Crippen molar-refractivity contribution in [3.63, 3.8) is 0 Å². The van der Waals surface area contributed by atoms with Gasteiger partial charge >= 0.3 is 6.16 Å². The van der Waals surface area contributed by atoms with Crippen molar-refractivity contribution in [2.24, 2.45) is 5.92 Å². The summed E-state index contributed by atoms with van der Waals surface area (Å²) < 4.78 is 5.30. The number of ether oxygens (including phenoxy) is 1. The van der Waals surface area contributed by atoms with E-state index in [0.29, 0.717) is 19.1 Å². The number of hydrogen-bond donors (Lipinski definition) is 0. The number of unbranched alkanes of at least 4 members (excludes halogenated alkanes) is 18. The largest absolute Gasteiger partial charge is 0.542 e. The number of carbonyl (C=O) groups excluding carboxylic acids is 1. The zero-order valence-electron chi connectivity index (χ0n) is 23.8. The molecule has 0 bridgehead atoms. The minimum atomic E-state index is -0.801. The molecular formula is C30H60O5. The quantitative estimate of drug-likeness (QED) is 0.0462. The first-order valence-corrected chi connectivity index (χ1v) is 15.4. The lowest BCUT2D eigenvalue weighted by Crippen LogP contribution is -2.16. The van der Waals surface area contributed by atoms with Gasteiger partial charge in [0.05, 0.1) is 13.2 Å². The van der Waals surface area contributed by atoms with Crippen molar-refractivity contribution < 1.29 is 24.3 Å². The van der Waals surface area contributed by atoms with E-state index in [-0.39, 0.29) is 0 Å². The molecule has 0 saturated carbocycles. The van der Waals surface area contributed by atoms with E-state index in [1.54, 1.807) is 0 Å². The summed E-state index contributed by atoms with van der Waals surface area (Å²) in [7, 11) is 0. The Morgan fingerprint density at radius 1 is 0.543 bits per heavy atom. The van der Waals surface area contributed by atoms with Gasteiger partial charge < -0.3 is 4.74 Å². The lowest BCUT2D eigenvalue weighted by atomic mass is 9.95. The Labute approximate surface area is 218 Å². The summed E-state index contributed by atoms with van der Waals surface area (Å²) in [5.41, 5.74) is 0. The molecule has 0 aromatic rings. The Bertz CT molecular complexity index is 416. The first-order chi connectivity index (χ1) is 17.2. The number of rotatable bonds is 28. The monoisotopic (exact) mass is 500 g/mol. The predicted molar refractivity (Wildman–Crippen MR) is 146 cm³/mol. The van der Waals surface area contributed by atoms with Gasteiger partial charge in [-0.15, -0.1) is 0 Å². The van der Waals surface area contributed by atoms with Crippen LogP contribution in [0.15, 0.2) is 0 Å². The average Bonchev–Trinajstić information content (AvgIpc) is 2.86. The van der Waals surface area contributed by atoms with Crippen molar-refractivity contribution in [1.29, 1.82) is 0 Å². The third-order valence-electron chi connectivity index (χ3n) is 6.85. The highest BCUT2D eigenvalue weighted by atomic mass is 17.5. The molecule has 1 unspecified atom stereocenters. The van der Waals surface area contributed by atoms with Gasteiger partial charge in [-0.1, -0.05) is 149 Å². The van der Waals surface area contributed by atoms with Crippen LogP contribution in [-0.2, 0) is 19.6 Å². The minimum absolute atomic E-state index is 0.405. The van der Waals surface area contributed by atoms with Crippen molar-refractivity contribution in [2.45, 2.75) is 168 Å². The van der Waals surface area contributed by atoms with Crippen molar-refractivity contribution in [3.05, 3.63) is 0 Å².